The molecule has 0 unspecified atom stereocenters. The van der Waals surface area contributed by atoms with E-state index >= 15 is 0 Å². The smallest absolute Gasteiger partial charge is 0.271 e. The van der Waals surface area contributed by atoms with Gasteiger partial charge < -0.3 is 10.2 Å². The largest absolute Gasteiger partial charge is 0.339 e. The molecule has 0 radical (unpaired) electrons. The summed E-state index contributed by atoms with van der Waals surface area (Å²) in [5, 5.41) is 14.6. The Hall–Kier alpha value is -2.00. The van der Waals surface area contributed by atoms with Gasteiger partial charge in [0.25, 0.3) is 11.6 Å². The SMILES string of the molecule is CS(=O)(=O)c1cc(C(=O)N2CCC(NCC3CC3)CC2)cc([N+](=O)[O-])c1. The van der Waals surface area contributed by atoms with Crippen molar-refractivity contribution in [2.45, 2.75) is 36.6 Å². The Bertz CT molecular complexity index is 812. The lowest BCUT2D eigenvalue weighted by Crippen LogP contribution is -2.45. The molecule has 2 fully saturated rings. The number of likely N-dealkylation sites (tertiary alicyclic amines) is 1. The van der Waals surface area contributed by atoms with Gasteiger partial charge >= 0.3 is 0 Å². The van der Waals surface area contributed by atoms with Gasteiger partial charge in [0.2, 0.25) is 0 Å². The summed E-state index contributed by atoms with van der Waals surface area (Å²) in [6.07, 6.45) is 5.20. The summed E-state index contributed by atoms with van der Waals surface area (Å²) in [5.74, 6) is 0.438. The van der Waals surface area contributed by atoms with Crippen molar-refractivity contribution in [3.63, 3.8) is 0 Å². The first-order valence-electron chi connectivity index (χ1n) is 8.76. The molecule has 1 aliphatic carbocycles. The molecule has 1 saturated heterocycles. The molecule has 1 aromatic rings. The van der Waals surface area contributed by atoms with E-state index in [0.717, 1.165) is 43.7 Å². The van der Waals surface area contributed by atoms with Crippen molar-refractivity contribution in [3.05, 3.63) is 33.9 Å². The molecule has 1 heterocycles. The van der Waals surface area contributed by atoms with E-state index in [1.54, 1.807) is 4.90 Å². The summed E-state index contributed by atoms with van der Waals surface area (Å²) in [5.41, 5.74) is -0.346. The van der Waals surface area contributed by atoms with Crippen molar-refractivity contribution in [1.29, 1.82) is 0 Å². The second-order valence-electron chi connectivity index (χ2n) is 7.16. The van der Waals surface area contributed by atoms with Crippen molar-refractivity contribution in [2.75, 3.05) is 25.9 Å². The number of amides is 1. The van der Waals surface area contributed by atoms with Gasteiger partial charge in [0.05, 0.1) is 9.82 Å². The summed E-state index contributed by atoms with van der Waals surface area (Å²) in [6, 6.07) is 3.74. The number of nitro groups is 1. The molecule has 0 bridgehead atoms. The lowest BCUT2D eigenvalue weighted by atomic mass is 10.0. The number of carbonyl (C=O) groups excluding carboxylic acids is 1. The number of non-ortho nitro benzene ring substituents is 1. The standard InChI is InChI=1S/C17H23N3O5S/c1-26(24,25)16-9-13(8-15(10-16)20(22)23)17(21)19-6-4-14(5-7-19)18-11-12-2-3-12/h8-10,12,14,18H,2-7,11H2,1H3. The van der Waals surface area contributed by atoms with Gasteiger partial charge in [-0.05, 0) is 44.2 Å². The van der Waals surface area contributed by atoms with Crippen LogP contribution in [0, 0.1) is 16.0 Å². The fraction of sp³-hybridized carbons (Fsp3) is 0.588. The van der Waals surface area contributed by atoms with Crippen LogP contribution in [0.5, 0.6) is 0 Å². The van der Waals surface area contributed by atoms with Gasteiger partial charge in [0, 0.05) is 43.1 Å². The quantitative estimate of drug-likeness (QED) is 0.592. The normalized spacial score (nSPS) is 18.7. The predicted octanol–water partition coefficient (Wildman–Crippen LogP) is 1.60. The van der Waals surface area contributed by atoms with Crippen LogP contribution in [0.1, 0.15) is 36.0 Å². The highest BCUT2D eigenvalue weighted by Gasteiger charge is 2.28. The van der Waals surface area contributed by atoms with Crippen LogP contribution < -0.4 is 5.32 Å². The number of nitrogens with zero attached hydrogens (tertiary/aromatic N) is 2. The molecule has 8 nitrogen and oxygen atoms in total. The van der Waals surface area contributed by atoms with Gasteiger partial charge in [0.1, 0.15) is 0 Å². The molecule has 142 valence electrons. The Morgan fingerprint density at radius 2 is 1.88 bits per heavy atom. The molecule has 1 amide bonds. The van der Waals surface area contributed by atoms with Gasteiger partial charge in [-0.25, -0.2) is 8.42 Å². The minimum atomic E-state index is -3.65. The van der Waals surface area contributed by atoms with Crippen LogP contribution in [0.15, 0.2) is 23.1 Å². The van der Waals surface area contributed by atoms with E-state index in [2.05, 4.69) is 5.32 Å². The first-order valence-corrected chi connectivity index (χ1v) is 10.7. The van der Waals surface area contributed by atoms with Gasteiger partial charge in [-0.3, -0.25) is 14.9 Å². The van der Waals surface area contributed by atoms with E-state index in [4.69, 9.17) is 0 Å². The second kappa shape index (κ2) is 7.32. The molecule has 0 spiro atoms. The molecular formula is C17H23N3O5S. The molecule has 1 aliphatic heterocycles. The summed E-state index contributed by atoms with van der Waals surface area (Å²) >= 11 is 0. The third kappa shape index (κ3) is 4.59. The number of nitrogens with one attached hydrogen (secondary N) is 1. The number of carbonyl (C=O) groups is 1. The summed E-state index contributed by atoms with van der Waals surface area (Å²) in [4.78, 5) is 24.6. The Balaban J connectivity index is 1.71. The van der Waals surface area contributed by atoms with E-state index in [1.807, 2.05) is 0 Å². The van der Waals surface area contributed by atoms with Crippen LogP contribution in [-0.2, 0) is 9.84 Å². The average Bonchev–Trinajstić information content (AvgIpc) is 3.43. The molecule has 3 rings (SSSR count). The van der Waals surface area contributed by atoms with Gasteiger partial charge in [-0.1, -0.05) is 0 Å². The Kier molecular flexibility index (Phi) is 5.29. The summed E-state index contributed by atoms with van der Waals surface area (Å²) < 4.78 is 23.6. The van der Waals surface area contributed by atoms with Crippen molar-refractivity contribution in [1.82, 2.24) is 10.2 Å². The van der Waals surface area contributed by atoms with E-state index in [0.29, 0.717) is 19.1 Å². The zero-order valence-corrected chi connectivity index (χ0v) is 15.5. The predicted molar refractivity (Wildman–Crippen MR) is 95.9 cm³/mol. The zero-order valence-electron chi connectivity index (χ0n) is 14.7. The molecule has 0 atom stereocenters. The number of piperidine rings is 1. The van der Waals surface area contributed by atoms with Crippen LogP contribution >= 0.6 is 0 Å². The minimum absolute atomic E-state index is 0.0454. The number of hydrogen-bond acceptors (Lipinski definition) is 6. The Morgan fingerprint density at radius 1 is 1.23 bits per heavy atom. The number of benzene rings is 1. The third-order valence-corrected chi connectivity index (χ3v) is 6.04. The minimum Gasteiger partial charge on any atom is -0.339 e. The Labute approximate surface area is 152 Å². The van der Waals surface area contributed by atoms with E-state index < -0.39 is 20.4 Å². The van der Waals surface area contributed by atoms with Crippen LogP contribution in [0.25, 0.3) is 0 Å². The van der Waals surface area contributed by atoms with Gasteiger partial charge in [-0.15, -0.1) is 0 Å². The lowest BCUT2D eigenvalue weighted by molar-refractivity contribution is -0.385. The number of rotatable bonds is 6. The number of hydrogen-bond donors (Lipinski definition) is 1. The molecule has 0 aromatic heterocycles. The van der Waals surface area contributed by atoms with Crippen LogP contribution in [0.3, 0.4) is 0 Å². The van der Waals surface area contributed by atoms with Crippen molar-refractivity contribution in [3.8, 4) is 0 Å². The Morgan fingerprint density at radius 3 is 2.42 bits per heavy atom. The van der Waals surface area contributed by atoms with Crippen molar-refractivity contribution < 1.29 is 18.1 Å². The van der Waals surface area contributed by atoms with E-state index in [-0.39, 0.29) is 16.4 Å². The van der Waals surface area contributed by atoms with E-state index in [1.165, 1.54) is 18.9 Å². The molecule has 1 N–H and O–H groups in total. The maximum absolute atomic E-state index is 12.7. The summed E-state index contributed by atoms with van der Waals surface area (Å²) in [6.45, 7) is 2.14. The van der Waals surface area contributed by atoms with Gasteiger partial charge in [0.15, 0.2) is 9.84 Å². The maximum Gasteiger partial charge on any atom is 0.271 e. The van der Waals surface area contributed by atoms with Gasteiger partial charge in [-0.2, -0.15) is 0 Å². The van der Waals surface area contributed by atoms with Crippen LogP contribution in [-0.4, -0.2) is 56.1 Å². The average molecular weight is 381 g/mol. The number of nitro benzene ring substituents is 1. The highest BCUT2D eigenvalue weighted by atomic mass is 32.2. The topological polar surface area (TPSA) is 110 Å². The second-order valence-corrected chi connectivity index (χ2v) is 9.18. The van der Waals surface area contributed by atoms with Crippen molar-refractivity contribution >= 4 is 21.4 Å². The zero-order chi connectivity index (χ0) is 18.9. The first kappa shape index (κ1) is 18.8. The molecular weight excluding hydrogens is 358 g/mol. The molecule has 9 heteroatoms. The molecule has 1 saturated carbocycles. The fourth-order valence-corrected chi connectivity index (χ4v) is 3.83. The van der Waals surface area contributed by atoms with E-state index in [9.17, 15) is 23.3 Å². The monoisotopic (exact) mass is 381 g/mol. The highest BCUT2D eigenvalue weighted by Crippen LogP contribution is 2.28. The van der Waals surface area contributed by atoms with Crippen LogP contribution in [0.4, 0.5) is 5.69 Å². The third-order valence-electron chi connectivity index (χ3n) is 4.95. The summed E-state index contributed by atoms with van der Waals surface area (Å²) in [7, 11) is -3.65. The van der Waals surface area contributed by atoms with Crippen molar-refractivity contribution in [2.24, 2.45) is 5.92 Å². The molecule has 2 aliphatic rings. The highest BCUT2D eigenvalue weighted by molar-refractivity contribution is 7.90. The van der Waals surface area contributed by atoms with Crippen LogP contribution in [0.2, 0.25) is 0 Å². The molecule has 26 heavy (non-hydrogen) atoms. The first-order chi connectivity index (χ1) is 12.2. The maximum atomic E-state index is 12.7. The molecule has 1 aromatic carbocycles. The lowest BCUT2D eigenvalue weighted by Gasteiger charge is -2.32. The number of sulfone groups is 1. The fourth-order valence-electron chi connectivity index (χ4n) is 3.15.